The summed E-state index contributed by atoms with van der Waals surface area (Å²) in [6.07, 6.45) is -15.7. The Kier molecular flexibility index (Phi) is 9.46. The minimum absolute atomic E-state index is 0.0801. The number of rotatable bonds is 8. The monoisotopic (exact) mass is 674 g/mol. The zero-order valence-electron chi connectivity index (χ0n) is 23.6. The Morgan fingerprint density at radius 1 is 0.804 bits per heavy atom. The van der Waals surface area contributed by atoms with Crippen molar-refractivity contribution in [2.45, 2.75) is 68.3 Å². The number of hydrogen-bond donors (Lipinski definition) is 9. The number of ether oxygens (including phenoxy) is 4. The number of aliphatic hydroxyl groups excluding tert-OH is 6. The predicted molar refractivity (Wildman–Crippen MR) is 149 cm³/mol. The minimum atomic E-state index is -4.98. The van der Waals surface area contributed by atoms with Crippen molar-refractivity contribution in [3.05, 3.63) is 46.6 Å². The number of hydrogen-bond acceptors (Lipinski definition) is 17. The zero-order valence-corrected chi connectivity index (χ0v) is 24.4. The van der Waals surface area contributed by atoms with Gasteiger partial charge in [-0.2, -0.15) is 8.42 Å². The van der Waals surface area contributed by atoms with E-state index in [4.69, 9.17) is 27.9 Å². The van der Waals surface area contributed by atoms with E-state index in [0.717, 1.165) is 30.3 Å². The van der Waals surface area contributed by atoms with Gasteiger partial charge in [-0.15, -0.1) is 0 Å². The summed E-state index contributed by atoms with van der Waals surface area (Å²) in [4.78, 5) is 12.8. The number of benzene rings is 2. The summed E-state index contributed by atoms with van der Waals surface area (Å²) in [5.41, 5.74) is -1.03. The SMILES string of the molecule is CC1O[C@@H](OCC2O[C@@H](Oc3cc(-c4cc(=O)c5c(O)cc(OS(=O)(=O)O)cc5o4)ccc3O)C(O)C(O)[C@@H]2O)C(O)[C@@H](O)[C@H]1O. The molecule has 10 atom stereocenters. The molecule has 0 bridgehead atoms. The standard InChI is InChI=1S/C27H30O18S/c1-9-20(31)22(33)24(35)26(41-9)40-8-18-21(32)23(34)25(36)27(44-18)43-16-4-10(2-3-12(16)28)15-7-14(30)19-13(29)5-11(6-17(19)42-15)45-46(37,38)39/h2-7,9,18,20-29,31-36H,8H2,1H3,(H,37,38,39)/t9?,18?,20-,21+,22-,23?,24?,25?,26+,27+/m0/s1. The highest BCUT2D eigenvalue weighted by atomic mass is 32.3. The molecule has 0 saturated carbocycles. The molecule has 3 aromatic rings. The normalized spacial score (nSPS) is 31.9. The molecule has 5 unspecified atom stereocenters. The van der Waals surface area contributed by atoms with Crippen molar-refractivity contribution >= 4 is 21.4 Å². The van der Waals surface area contributed by atoms with Gasteiger partial charge in [0.05, 0.1) is 12.7 Å². The van der Waals surface area contributed by atoms with E-state index in [-0.39, 0.29) is 28.0 Å². The molecule has 9 N–H and O–H groups in total. The molecule has 18 nitrogen and oxygen atoms in total. The summed E-state index contributed by atoms with van der Waals surface area (Å²) in [6.45, 7) is 0.863. The molecule has 46 heavy (non-hydrogen) atoms. The Morgan fingerprint density at radius 2 is 1.48 bits per heavy atom. The van der Waals surface area contributed by atoms with Crippen LogP contribution < -0.4 is 14.3 Å². The molecule has 0 radical (unpaired) electrons. The number of phenols is 2. The maximum Gasteiger partial charge on any atom is 0.446 e. The molecule has 19 heteroatoms. The van der Waals surface area contributed by atoms with E-state index in [1.807, 2.05) is 0 Å². The lowest BCUT2D eigenvalue weighted by atomic mass is 9.98. The highest BCUT2D eigenvalue weighted by molar-refractivity contribution is 7.81. The van der Waals surface area contributed by atoms with Gasteiger partial charge in [0.1, 0.15) is 65.2 Å². The van der Waals surface area contributed by atoms with Crippen LogP contribution >= 0.6 is 0 Å². The Bertz CT molecular complexity index is 1740. The van der Waals surface area contributed by atoms with E-state index in [0.29, 0.717) is 0 Å². The molecule has 2 aliphatic heterocycles. The van der Waals surface area contributed by atoms with E-state index < -0.39 is 101 Å². The van der Waals surface area contributed by atoms with Crippen molar-refractivity contribution in [1.29, 1.82) is 0 Å². The number of aliphatic hydroxyl groups is 6. The lowest BCUT2D eigenvalue weighted by Gasteiger charge is -2.42. The van der Waals surface area contributed by atoms with Crippen molar-refractivity contribution in [1.82, 2.24) is 0 Å². The highest BCUT2D eigenvalue weighted by Gasteiger charge is 2.47. The third-order valence-electron chi connectivity index (χ3n) is 7.37. The average molecular weight is 675 g/mol. The number of fused-ring (bicyclic) bond motifs is 1. The van der Waals surface area contributed by atoms with Crippen LogP contribution in [0.15, 0.2) is 45.6 Å². The molecule has 0 amide bonds. The molecule has 1 aromatic heterocycles. The summed E-state index contributed by atoms with van der Waals surface area (Å²) in [5.74, 6) is -2.32. The van der Waals surface area contributed by atoms with E-state index in [1.165, 1.54) is 13.0 Å². The van der Waals surface area contributed by atoms with Gasteiger partial charge in [0.2, 0.25) is 6.29 Å². The van der Waals surface area contributed by atoms with Gasteiger partial charge < -0.3 is 68.4 Å². The van der Waals surface area contributed by atoms with Crippen LogP contribution in [0.4, 0.5) is 0 Å². The van der Waals surface area contributed by atoms with Gasteiger partial charge in [0, 0.05) is 23.8 Å². The lowest BCUT2D eigenvalue weighted by Crippen LogP contribution is -2.61. The van der Waals surface area contributed by atoms with E-state index >= 15 is 0 Å². The first-order valence-corrected chi connectivity index (χ1v) is 14.9. The fraction of sp³-hybridized carbons (Fsp3) is 0.444. The Hall–Kier alpha value is -3.60. The van der Waals surface area contributed by atoms with Gasteiger partial charge in [-0.25, -0.2) is 0 Å². The molecule has 2 saturated heterocycles. The quantitative estimate of drug-likeness (QED) is 0.118. The molecule has 2 aromatic carbocycles. The number of phenolic OH excluding ortho intramolecular Hbond substituents is 2. The summed E-state index contributed by atoms with van der Waals surface area (Å²) >= 11 is 0. The molecular formula is C27H30O18S. The number of aromatic hydroxyl groups is 2. The van der Waals surface area contributed by atoms with E-state index in [2.05, 4.69) is 4.18 Å². The lowest BCUT2D eigenvalue weighted by molar-refractivity contribution is -0.318. The Balaban J connectivity index is 1.37. The van der Waals surface area contributed by atoms with Gasteiger partial charge in [-0.1, -0.05) is 0 Å². The van der Waals surface area contributed by atoms with Crippen molar-refractivity contribution in [3.8, 4) is 34.3 Å². The second-order valence-corrected chi connectivity index (χ2v) is 11.7. The first kappa shape index (κ1) is 33.8. The van der Waals surface area contributed by atoms with Crippen LogP contribution in [0.25, 0.3) is 22.3 Å². The zero-order chi connectivity index (χ0) is 33.7. The van der Waals surface area contributed by atoms with Crippen LogP contribution in [-0.4, -0.2) is 122 Å². The van der Waals surface area contributed by atoms with Gasteiger partial charge in [0.25, 0.3) is 0 Å². The maximum absolute atomic E-state index is 12.8. The van der Waals surface area contributed by atoms with Crippen LogP contribution in [0, 0.1) is 0 Å². The van der Waals surface area contributed by atoms with Crippen LogP contribution in [0.3, 0.4) is 0 Å². The summed E-state index contributed by atoms with van der Waals surface area (Å²) in [7, 11) is -4.98. The molecule has 0 spiro atoms. The van der Waals surface area contributed by atoms with E-state index in [9.17, 15) is 54.1 Å². The highest BCUT2D eigenvalue weighted by Crippen LogP contribution is 2.37. The third-order valence-corrected chi connectivity index (χ3v) is 7.78. The Morgan fingerprint density at radius 3 is 2.17 bits per heavy atom. The second kappa shape index (κ2) is 12.9. The predicted octanol–water partition coefficient (Wildman–Crippen LogP) is -1.92. The fourth-order valence-corrected chi connectivity index (χ4v) is 5.27. The topological polar surface area (TPSA) is 293 Å². The van der Waals surface area contributed by atoms with Crippen LogP contribution in [0.5, 0.6) is 23.0 Å². The van der Waals surface area contributed by atoms with Crippen LogP contribution in [0.1, 0.15) is 6.92 Å². The molecule has 252 valence electrons. The molecule has 2 aliphatic rings. The minimum Gasteiger partial charge on any atom is -0.507 e. The van der Waals surface area contributed by atoms with Gasteiger partial charge in [0.15, 0.2) is 29.0 Å². The molecule has 5 rings (SSSR count). The van der Waals surface area contributed by atoms with Crippen molar-refractivity contribution in [3.63, 3.8) is 0 Å². The van der Waals surface area contributed by atoms with Crippen LogP contribution in [-0.2, 0) is 24.6 Å². The smallest absolute Gasteiger partial charge is 0.446 e. The van der Waals surface area contributed by atoms with Crippen molar-refractivity contribution in [2.24, 2.45) is 0 Å². The van der Waals surface area contributed by atoms with Crippen LogP contribution in [0.2, 0.25) is 0 Å². The maximum atomic E-state index is 12.8. The van der Waals surface area contributed by atoms with Crippen molar-refractivity contribution < 1.29 is 81.4 Å². The summed E-state index contributed by atoms with van der Waals surface area (Å²) in [6, 6.07) is 6.23. The second-order valence-electron chi connectivity index (χ2n) is 10.6. The fourth-order valence-electron chi connectivity index (χ4n) is 4.93. The first-order valence-electron chi connectivity index (χ1n) is 13.5. The van der Waals surface area contributed by atoms with Gasteiger partial charge in [-0.05, 0) is 25.1 Å². The molecular weight excluding hydrogens is 644 g/mol. The molecule has 0 aliphatic carbocycles. The molecule has 2 fully saturated rings. The average Bonchev–Trinajstić information content (AvgIpc) is 2.97. The third kappa shape index (κ3) is 6.89. The molecule has 3 heterocycles. The Labute approximate surface area is 258 Å². The van der Waals surface area contributed by atoms with Gasteiger partial charge >= 0.3 is 10.4 Å². The van der Waals surface area contributed by atoms with Crippen molar-refractivity contribution in [2.75, 3.05) is 6.61 Å². The van der Waals surface area contributed by atoms with E-state index in [1.54, 1.807) is 0 Å². The first-order chi connectivity index (χ1) is 21.5. The summed E-state index contributed by atoms with van der Waals surface area (Å²) < 4.78 is 63.1. The largest absolute Gasteiger partial charge is 0.507 e. The van der Waals surface area contributed by atoms with Gasteiger partial charge in [-0.3, -0.25) is 9.35 Å². The summed E-state index contributed by atoms with van der Waals surface area (Å²) in [5, 5.41) is 81.8.